The van der Waals surface area contributed by atoms with E-state index in [2.05, 4.69) is 5.32 Å². The molecule has 4 N–H and O–H groups in total. The number of nitrogens with one attached hydrogen (secondary N) is 1. The van der Waals surface area contributed by atoms with E-state index >= 15 is 0 Å². The fourth-order valence-electron chi connectivity index (χ4n) is 1.59. The average Bonchev–Trinajstić information content (AvgIpc) is 2.51. The molecular weight excluding hydrogens is 334 g/mol. The summed E-state index contributed by atoms with van der Waals surface area (Å²) < 4.78 is 35.7. The van der Waals surface area contributed by atoms with Gasteiger partial charge in [0.05, 0.1) is 12.5 Å². The van der Waals surface area contributed by atoms with E-state index in [4.69, 9.17) is 15.2 Å². The van der Waals surface area contributed by atoms with Crippen molar-refractivity contribution in [1.29, 1.82) is 0 Å². The topological polar surface area (TPSA) is 93.8 Å². The van der Waals surface area contributed by atoms with Crippen molar-refractivity contribution >= 4 is 18.3 Å². The van der Waals surface area contributed by atoms with Crippen LogP contribution in [0.15, 0.2) is 18.2 Å². The number of benzene rings is 1. The molecule has 0 aliphatic carbocycles. The fourth-order valence-corrected chi connectivity index (χ4v) is 1.59. The van der Waals surface area contributed by atoms with Crippen LogP contribution >= 0.6 is 12.4 Å². The minimum atomic E-state index is -1.03. The van der Waals surface area contributed by atoms with Crippen LogP contribution in [0.5, 0.6) is 5.75 Å². The first-order chi connectivity index (χ1) is 10.5. The van der Waals surface area contributed by atoms with Crippen molar-refractivity contribution < 1.29 is 28.2 Å². The molecule has 0 saturated heterocycles. The Morgan fingerprint density at radius 3 is 2.65 bits per heavy atom. The summed E-state index contributed by atoms with van der Waals surface area (Å²) in [6.07, 6.45) is -1.28. The second-order valence-corrected chi connectivity index (χ2v) is 4.64. The Morgan fingerprint density at radius 2 is 2.09 bits per heavy atom. The van der Waals surface area contributed by atoms with Crippen LogP contribution in [0, 0.1) is 11.6 Å². The van der Waals surface area contributed by atoms with Gasteiger partial charge in [-0.25, -0.2) is 8.78 Å². The molecule has 0 spiro atoms. The zero-order valence-electron chi connectivity index (χ0n) is 12.6. The quantitative estimate of drug-likeness (QED) is 0.604. The van der Waals surface area contributed by atoms with Crippen LogP contribution in [0.2, 0.25) is 0 Å². The largest absolute Gasteiger partial charge is 0.491 e. The lowest BCUT2D eigenvalue weighted by Gasteiger charge is -2.15. The van der Waals surface area contributed by atoms with Gasteiger partial charge in [-0.05, 0) is 12.1 Å². The van der Waals surface area contributed by atoms with Crippen molar-refractivity contribution in [2.45, 2.75) is 18.6 Å². The van der Waals surface area contributed by atoms with Crippen molar-refractivity contribution in [3.8, 4) is 5.75 Å². The van der Waals surface area contributed by atoms with Gasteiger partial charge in [-0.15, -0.1) is 12.4 Å². The molecule has 0 bridgehead atoms. The number of hydrogen-bond donors (Lipinski definition) is 3. The minimum Gasteiger partial charge on any atom is -0.491 e. The maximum atomic E-state index is 12.9. The first kappa shape index (κ1) is 21.5. The molecule has 2 atom stereocenters. The molecule has 0 aliphatic heterocycles. The highest BCUT2D eigenvalue weighted by Gasteiger charge is 2.13. The molecule has 23 heavy (non-hydrogen) atoms. The van der Waals surface area contributed by atoms with Crippen LogP contribution < -0.4 is 15.8 Å². The predicted octanol–water partition coefficient (Wildman–Crippen LogP) is 0.606. The Morgan fingerprint density at radius 1 is 1.39 bits per heavy atom. The van der Waals surface area contributed by atoms with Gasteiger partial charge in [0.25, 0.3) is 0 Å². The van der Waals surface area contributed by atoms with Crippen LogP contribution in [-0.2, 0) is 9.53 Å². The fraction of sp³-hybridized carbons (Fsp3) is 0.500. The second kappa shape index (κ2) is 11.1. The third kappa shape index (κ3) is 8.08. The molecule has 9 heteroatoms. The van der Waals surface area contributed by atoms with Gasteiger partial charge < -0.3 is 25.6 Å². The van der Waals surface area contributed by atoms with E-state index in [1.54, 1.807) is 0 Å². The third-order valence-electron chi connectivity index (χ3n) is 2.88. The lowest BCUT2D eigenvalue weighted by atomic mass is 10.2. The number of aliphatic hydroxyl groups is 1. The molecule has 2 unspecified atom stereocenters. The summed E-state index contributed by atoms with van der Waals surface area (Å²) in [5, 5.41) is 12.2. The van der Waals surface area contributed by atoms with E-state index in [9.17, 15) is 18.7 Å². The number of amides is 1. The number of nitrogens with two attached hydrogens (primary N) is 1. The lowest BCUT2D eigenvalue weighted by molar-refractivity contribution is -0.123. The zero-order valence-corrected chi connectivity index (χ0v) is 13.4. The van der Waals surface area contributed by atoms with Crippen LogP contribution in [-0.4, -0.2) is 50.0 Å². The van der Waals surface area contributed by atoms with Crippen LogP contribution in [0.25, 0.3) is 0 Å². The molecule has 132 valence electrons. The Bertz CT molecular complexity index is 490. The Kier molecular flexibility index (Phi) is 10.4. The predicted molar refractivity (Wildman–Crippen MR) is 82.6 cm³/mol. The summed E-state index contributed by atoms with van der Waals surface area (Å²) in [5.74, 6) is -2.24. The van der Waals surface area contributed by atoms with Crippen molar-refractivity contribution in [3.63, 3.8) is 0 Å². The Labute approximate surface area is 139 Å². The molecule has 6 nitrogen and oxygen atoms in total. The molecule has 1 amide bonds. The number of rotatable bonds is 9. The number of hydrogen-bond acceptors (Lipinski definition) is 5. The number of methoxy groups -OCH3 is 1. The molecule has 0 aliphatic rings. The number of aliphatic hydroxyl groups excluding tert-OH is 1. The van der Waals surface area contributed by atoms with Gasteiger partial charge in [-0.2, -0.15) is 0 Å². The average molecular weight is 355 g/mol. The summed E-state index contributed by atoms with van der Waals surface area (Å²) in [7, 11) is 1.45. The van der Waals surface area contributed by atoms with Gasteiger partial charge in [0, 0.05) is 26.3 Å². The minimum absolute atomic E-state index is 0. The van der Waals surface area contributed by atoms with Gasteiger partial charge in [0.1, 0.15) is 18.5 Å². The van der Waals surface area contributed by atoms with Crippen molar-refractivity contribution in [2.24, 2.45) is 5.73 Å². The molecule has 0 fully saturated rings. The van der Waals surface area contributed by atoms with Crippen LogP contribution in [0.4, 0.5) is 8.78 Å². The number of ether oxygens (including phenoxy) is 2. The highest BCUT2D eigenvalue weighted by molar-refractivity contribution is 5.85. The lowest BCUT2D eigenvalue weighted by Crippen LogP contribution is -2.38. The first-order valence-corrected chi connectivity index (χ1v) is 6.71. The smallest absolute Gasteiger partial charge is 0.222 e. The zero-order chi connectivity index (χ0) is 16.5. The summed E-state index contributed by atoms with van der Waals surface area (Å²) in [6, 6.07) is 3.05. The van der Waals surface area contributed by atoms with E-state index in [1.807, 2.05) is 0 Å². The summed E-state index contributed by atoms with van der Waals surface area (Å²) in [5.41, 5.74) is 5.39. The van der Waals surface area contributed by atoms with Gasteiger partial charge in [-0.3, -0.25) is 4.79 Å². The standard InChI is InChI=1S/C14H20F2N2O4.ClH/c1-21-11(6-17)5-14(20)18-7-9(19)8-22-10-2-3-12(15)13(16)4-10;/h2-4,9,11,19H,5-8,17H2,1H3,(H,18,20);1H. The summed E-state index contributed by atoms with van der Waals surface area (Å²) in [6.45, 7) is 0.00514. The number of halogens is 3. The van der Waals surface area contributed by atoms with Gasteiger partial charge >= 0.3 is 0 Å². The molecular formula is C14H21ClF2N2O4. The molecule has 0 radical (unpaired) electrons. The summed E-state index contributed by atoms with van der Waals surface area (Å²) >= 11 is 0. The normalized spacial score (nSPS) is 12.9. The monoisotopic (exact) mass is 354 g/mol. The number of carbonyl (C=O) groups is 1. The molecule has 1 rings (SSSR count). The van der Waals surface area contributed by atoms with Crippen LogP contribution in [0.1, 0.15) is 6.42 Å². The maximum absolute atomic E-state index is 12.9. The summed E-state index contributed by atoms with van der Waals surface area (Å²) in [4.78, 5) is 11.5. The maximum Gasteiger partial charge on any atom is 0.222 e. The van der Waals surface area contributed by atoms with Gasteiger partial charge in [-0.1, -0.05) is 0 Å². The Balaban J connectivity index is 0.00000484. The van der Waals surface area contributed by atoms with E-state index in [0.717, 1.165) is 12.1 Å². The third-order valence-corrected chi connectivity index (χ3v) is 2.88. The van der Waals surface area contributed by atoms with Gasteiger partial charge in [0.2, 0.25) is 5.91 Å². The van der Waals surface area contributed by atoms with E-state index in [-0.39, 0.29) is 56.3 Å². The Hall–Kier alpha value is -1.48. The van der Waals surface area contributed by atoms with Crippen molar-refractivity contribution in [1.82, 2.24) is 5.32 Å². The molecule has 0 aromatic heterocycles. The highest BCUT2D eigenvalue weighted by Crippen LogP contribution is 2.15. The van der Waals surface area contributed by atoms with Crippen molar-refractivity contribution in [3.05, 3.63) is 29.8 Å². The molecule has 0 heterocycles. The van der Waals surface area contributed by atoms with Gasteiger partial charge in [0.15, 0.2) is 11.6 Å². The SMILES string of the molecule is COC(CN)CC(=O)NCC(O)COc1ccc(F)c(F)c1.Cl. The van der Waals surface area contributed by atoms with E-state index < -0.39 is 17.7 Å². The molecule has 1 aromatic carbocycles. The highest BCUT2D eigenvalue weighted by atomic mass is 35.5. The number of carbonyl (C=O) groups excluding carboxylic acids is 1. The molecule has 0 saturated carbocycles. The van der Waals surface area contributed by atoms with Crippen LogP contribution in [0.3, 0.4) is 0 Å². The first-order valence-electron chi connectivity index (χ1n) is 6.71. The molecule has 1 aromatic rings. The van der Waals surface area contributed by atoms with Crippen molar-refractivity contribution in [2.75, 3.05) is 26.8 Å². The van der Waals surface area contributed by atoms with E-state index in [0.29, 0.717) is 0 Å². The van der Waals surface area contributed by atoms with E-state index in [1.165, 1.54) is 13.2 Å². The second-order valence-electron chi connectivity index (χ2n) is 4.64.